The molecule has 3 N–H and O–H groups in total. The highest BCUT2D eigenvalue weighted by Crippen LogP contribution is 2.04. The van der Waals surface area contributed by atoms with Gasteiger partial charge >= 0.3 is 5.97 Å². The number of rotatable bonds is 5. The molecule has 0 fully saturated rings. The third-order valence-corrected chi connectivity index (χ3v) is 2.72. The highest BCUT2D eigenvalue weighted by atomic mass is 16.4. The van der Waals surface area contributed by atoms with Crippen molar-refractivity contribution in [1.82, 2.24) is 10.6 Å². The molecule has 1 aromatic carbocycles. The average Bonchev–Trinajstić information content (AvgIpc) is 2.44. The first-order chi connectivity index (χ1) is 9.82. The van der Waals surface area contributed by atoms with E-state index in [2.05, 4.69) is 10.6 Å². The Balaban J connectivity index is 2.85. The summed E-state index contributed by atoms with van der Waals surface area (Å²) in [6.45, 7) is 4.67. The van der Waals surface area contributed by atoms with Gasteiger partial charge in [0.05, 0.1) is 0 Å². The summed E-state index contributed by atoms with van der Waals surface area (Å²) in [7, 11) is 0. The smallest absolute Gasteiger partial charge is 0.325 e. The van der Waals surface area contributed by atoms with Crippen molar-refractivity contribution in [3.63, 3.8) is 0 Å². The van der Waals surface area contributed by atoms with Crippen molar-refractivity contribution >= 4 is 17.8 Å². The quantitative estimate of drug-likeness (QED) is 0.712. The zero-order chi connectivity index (χ0) is 16.0. The maximum atomic E-state index is 12.0. The molecule has 21 heavy (non-hydrogen) atoms. The van der Waals surface area contributed by atoms with Gasteiger partial charge in [0.15, 0.2) is 0 Å². The van der Waals surface area contributed by atoms with Crippen LogP contribution in [-0.2, 0) is 9.59 Å². The molecule has 6 heteroatoms. The Morgan fingerprint density at radius 1 is 1.10 bits per heavy atom. The Bertz CT molecular complexity index is 575. The van der Waals surface area contributed by atoms with E-state index in [-0.39, 0.29) is 5.70 Å². The van der Waals surface area contributed by atoms with Gasteiger partial charge in [0, 0.05) is 5.56 Å². The summed E-state index contributed by atoms with van der Waals surface area (Å²) in [5.74, 6) is -2.20. The fraction of sp³-hybridized carbons (Fsp3) is 0.267. The van der Waals surface area contributed by atoms with Crippen LogP contribution in [0.3, 0.4) is 0 Å². The van der Waals surface area contributed by atoms with Gasteiger partial charge in [-0.2, -0.15) is 0 Å². The molecule has 0 aromatic heterocycles. The van der Waals surface area contributed by atoms with Crippen LogP contribution < -0.4 is 10.6 Å². The Morgan fingerprint density at radius 3 is 2.14 bits per heavy atom. The first-order valence-corrected chi connectivity index (χ1v) is 6.40. The number of nitrogens with one attached hydrogen (secondary N) is 2. The minimum absolute atomic E-state index is 0.0527. The standard InChI is InChI=1S/C15H18N2O4/c1-9(2)12(14(19)16-10(3)15(20)21)17-13(18)11-7-5-4-6-8-11/h4-8,10H,1-3H3,(H,16,19)(H,17,18)(H,20,21)/t10-/m1/s1. The van der Waals surface area contributed by atoms with E-state index in [4.69, 9.17) is 5.11 Å². The number of benzene rings is 1. The summed E-state index contributed by atoms with van der Waals surface area (Å²) in [5, 5.41) is 13.6. The molecule has 112 valence electrons. The van der Waals surface area contributed by atoms with Crippen LogP contribution in [0.15, 0.2) is 41.6 Å². The van der Waals surface area contributed by atoms with Gasteiger partial charge in [0.2, 0.25) is 0 Å². The van der Waals surface area contributed by atoms with Crippen molar-refractivity contribution in [2.45, 2.75) is 26.8 Å². The van der Waals surface area contributed by atoms with Crippen molar-refractivity contribution in [2.75, 3.05) is 0 Å². The van der Waals surface area contributed by atoms with Crippen molar-refractivity contribution < 1.29 is 19.5 Å². The Labute approximate surface area is 122 Å². The van der Waals surface area contributed by atoms with Crippen molar-refractivity contribution in [3.8, 4) is 0 Å². The number of hydrogen-bond donors (Lipinski definition) is 3. The highest BCUT2D eigenvalue weighted by Gasteiger charge is 2.20. The second-order valence-electron chi connectivity index (χ2n) is 4.73. The van der Waals surface area contributed by atoms with E-state index >= 15 is 0 Å². The molecule has 0 saturated carbocycles. The summed E-state index contributed by atoms with van der Waals surface area (Å²) in [5.41, 5.74) is 1.04. The Hall–Kier alpha value is -2.63. The van der Waals surface area contributed by atoms with E-state index in [1.54, 1.807) is 44.2 Å². The summed E-state index contributed by atoms with van der Waals surface area (Å²) in [6.07, 6.45) is 0. The summed E-state index contributed by atoms with van der Waals surface area (Å²) in [4.78, 5) is 34.8. The predicted octanol–water partition coefficient (Wildman–Crippen LogP) is 1.30. The molecule has 0 unspecified atom stereocenters. The molecule has 0 bridgehead atoms. The van der Waals surface area contributed by atoms with Gasteiger partial charge in [-0.25, -0.2) is 0 Å². The molecular weight excluding hydrogens is 272 g/mol. The van der Waals surface area contributed by atoms with Crippen molar-refractivity contribution in [3.05, 3.63) is 47.2 Å². The summed E-state index contributed by atoms with van der Waals surface area (Å²) < 4.78 is 0. The summed E-state index contributed by atoms with van der Waals surface area (Å²) >= 11 is 0. The maximum Gasteiger partial charge on any atom is 0.325 e. The van der Waals surface area contributed by atoms with Crippen molar-refractivity contribution in [2.24, 2.45) is 0 Å². The molecule has 6 nitrogen and oxygen atoms in total. The minimum Gasteiger partial charge on any atom is -0.480 e. The van der Waals surface area contributed by atoms with Crippen LogP contribution in [0.1, 0.15) is 31.1 Å². The van der Waals surface area contributed by atoms with Crippen LogP contribution in [0.25, 0.3) is 0 Å². The topological polar surface area (TPSA) is 95.5 Å². The normalized spacial score (nSPS) is 11.2. The molecule has 1 atom stereocenters. The van der Waals surface area contributed by atoms with Crippen LogP contribution in [0.2, 0.25) is 0 Å². The van der Waals surface area contributed by atoms with Gasteiger partial charge in [-0.05, 0) is 38.5 Å². The van der Waals surface area contributed by atoms with Crippen molar-refractivity contribution in [1.29, 1.82) is 0 Å². The fourth-order valence-corrected chi connectivity index (χ4v) is 1.51. The van der Waals surface area contributed by atoms with Crippen LogP contribution >= 0.6 is 0 Å². The number of carbonyl (C=O) groups is 3. The molecule has 0 radical (unpaired) electrons. The molecule has 0 heterocycles. The van der Waals surface area contributed by atoms with E-state index in [9.17, 15) is 14.4 Å². The first kappa shape index (κ1) is 16.4. The number of hydrogen-bond acceptors (Lipinski definition) is 3. The van der Waals surface area contributed by atoms with Gasteiger partial charge in [0.25, 0.3) is 11.8 Å². The Kier molecular flexibility index (Phi) is 5.66. The summed E-state index contributed by atoms with van der Waals surface area (Å²) in [6, 6.07) is 7.40. The van der Waals surface area contributed by atoms with Gasteiger partial charge in [-0.3, -0.25) is 14.4 Å². The third kappa shape index (κ3) is 4.76. The monoisotopic (exact) mass is 290 g/mol. The molecule has 0 spiro atoms. The highest BCUT2D eigenvalue weighted by molar-refractivity contribution is 6.03. The predicted molar refractivity (Wildman–Crippen MR) is 77.5 cm³/mol. The maximum absolute atomic E-state index is 12.0. The molecule has 2 amide bonds. The molecule has 0 aliphatic heterocycles. The molecule has 0 saturated heterocycles. The van der Waals surface area contributed by atoms with Crippen LogP contribution in [0, 0.1) is 0 Å². The lowest BCUT2D eigenvalue weighted by Crippen LogP contribution is -2.43. The fourth-order valence-electron chi connectivity index (χ4n) is 1.51. The van der Waals surface area contributed by atoms with Gasteiger partial charge < -0.3 is 15.7 Å². The lowest BCUT2D eigenvalue weighted by molar-refractivity contribution is -0.140. The first-order valence-electron chi connectivity index (χ1n) is 6.40. The lowest BCUT2D eigenvalue weighted by atomic mass is 10.2. The van der Waals surface area contributed by atoms with Gasteiger partial charge in [-0.1, -0.05) is 18.2 Å². The van der Waals surface area contributed by atoms with Gasteiger partial charge in [-0.15, -0.1) is 0 Å². The molecule has 1 rings (SSSR count). The van der Waals surface area contributed by atoms with E-state index < -0.39 is 23.8 Å². The zero-order valence-corrected chi connectivity index (χ0v) is 12.1. The van der Waals surface area contributed by atoms with E-state index in [1.165, 1.54) is 6.92 Å². The zero-order valence-electron chi connectivity index (χ0n) is 12.1. The SMILES string of the molecule is CC(C)=C(NC(=O)c1ccccc1)C(=O)N[C@H](C)C(=O)O. The van der Waals surface area contributed by atoms with Crippen LogP contribution in [-0.4, -0.2) is 28.9 Å². The van der Waals surface area contributed by atoms with E-state index in [0.29, 0.717) is 11.1 Å². The Morgan fingerprint density at radius 2 is 1.67 bits per heavy atom. The molecule has 0 aliphatic rings. The van der Waals surface area contributed by atoms with E-state index in [0.717, 1.165) is 0 Å². The molecular formula is C15H18N2O4. The average molecular weight is 290 g/mol. The number of carboxylic acids is 1. The second-order valence-corrected chi connectivity index (χ2v) is 4.73. The number of allylic oxidation sites excluding steroid dienone is 1. The van der Waals surface area contributed by atoms with E-state index in [1.807, 2.05) is 0 Å². The van der Waals surface area contributed by atoms with Gasteiger partial charge in [0.1, 0.15) is 11.7 Å². The molecule has 1 aromatic rings. The molecule has 0 aliphatic carbocycles. The largest absolute Gasteiger partial charge is 0.480 e. The minimum atomic E-state index is -1.15. The number of carbonyl (C=O) groups excluding carboxylic acids is 2. The van der Waals surface area contributed by atoms with Crippen LogP contribution in [0.5, 0.6) is 0 Å². The third-order valence-electron chi connectivity index (χ3n) is 2.72. The lowest BCUT2D eigenvalue weighted by Gasteiger charge is -2.14. The van der Waals surface area contributed by atoms with Crippen LogP contribution in [0.4, 0.5) is 0 Å². The number of carboxylic acid groups (broad SMARTS) is 1. The second kappa shape index (κ2) is 7.23. The number of amides is 2. The number of aliphatic carboxylic acids is 1.